The highest BCUT2D eigenvalue weighted by molar-refractivity contribution is 9.10. The normalized spacial score (nSPS) is 13.8. The van der Waals surface area contributed by atoms with Crippen LogP contribution < -0.4 is 4.74 Å². The number of aliphatic imine (C=N–C) groups is 1. The number of ether oxygens (including phenoxy) is 1. The number of amidine groups is 1. The summed E-state index contributed by atoms with van der Waals surface area (Å²) in [4.78, 5) is 18.9. The van der Waals surface area contributed by atoms with Crippen molar-refractivity contribution in [2.24, 2.45) is 4.99 Å². The van der Waals surface area contributed by atoms with E-state index in [1.54, 1.807) is 48.0 Å². The lowest BCUT2D eigenvalue weighted by molar-refractivity contribution is 0.0860. The molecule has 24 heavy (non-hydrogen) atoms. The molecular weight excluding hydrogens is 388 g/mol. The Kier molecular flexibility index (Phi) is 5.58. The van der Waals surface area contributed by atoms with Crippen LogP contribution in [-0.2, 0) is 5.75 Å². The molecule has 3 rings (SSSR count). The van der Waals surface area contributed by atoms with E-state index in [9.17, 15) is 4.79 Å². The summed E-state index contributed by atoms with van der Waals surface area (Å²) in [7, 11) is 1.61. The molecule has 0 bridgehead atoms. The molecule has 2 aromatic rings. The first-order chi connectivity index (χ1) is 11.7. The first-order valence-electron chi connectivity index (χ1n) is 7.55. The smallest absolute Gasteiger partial charge is 0.259 e. The molecule has 0 spiro atoms. The number of hydrogen-bond acceptors (Lipinski definition) is 4. The van der Waals surface area contributed by atoms with Crippen molar-refractivity contribution in [3.05, 3.63) is 64.1 Å². The van der Waals surface area contributed by atoms with Crippen LogP contribution in [0, 0.1) is 0 Å². The Morgan fingerprint density at radius 3 is 2.58 bits per heavy atom. The fourth-order valence-electron chi connectivity index (χ4n) is 2.36. The first kappa shape index (κ1) is 17.0. The third kappa shape index (κ3) is 3.99. The molecule has 0 fully saturated rings. The third-order valence-electron chi connectivity index (χ3n) is 3.66. The molecule has 0 saturated heterocycles. The maximum atomic E-state index is 12.7. The van der Waals surface area contributed by atoms with Gasteiger partial charge in [-0.15, -0.1) is 0 Å². The molecule has 0 radical (unpaired) electrons. The number of thioether (sulfide) groups is 1. The molecule has 0 N–H and O–H groups in total. The van der Waals surface area contributed by atoms with Gasteiger partial charge in [-0.1, -0.05) is 39.8 Å². The Balaban J connectivity index is 1.65. The van der Waals surface area contributed by atoms with Crippen LogP contribution >= 0.6 is 27.7 Å². The summed E-state index contributed by atoms with van der Waals surface area (Å²) in [5.74, 6) is 1.52. The predicted octanol–water partition coefficient (Wildman–Crippen LogP) is 4.20. The van der Waals surface area contributed by atoms with Crippen LogP contribution in [-0.4, -0.2) is 36.2 Å². The predicted molar refractivity (Wildman–Crippen MR) is 102 cm³/mol. The van der Waals surface area contributed by atoms with Gasteiger partial charge in [-0.05, 0) is 42.0 Å². The molecular formula is C18H17BrN2O2S. The van der Waals surface area contributed by atoms with Crippen molar-refractivity contribution >= 4 is 38.8 Å². The molecule has 6 heteroatoms. The number of nitrogens with zero attached hydrogens (tertiary/aromatic N) is 2. The Hall–Kier alpha value is -1.79. The Labute approximate surface area is 154 Å². The molecule has 1 heterocycles. The van der Waals surface area contributed by atoms with E-state index in [1.165, 1.54) is 5.56 Å². The first-order valence-corrected chi connectivity index (χ1v) is 9.33. The lowest BCUT2D eigenvalue weighted by atomic mass is 10.2. The molecule has 0 aromatic heterocycles. The van der Waals surface area contributed by atoms with Gasteiger partial charge in [0.25, 0.3) is 5.91 Å². The minimum Gasteiger partial charge on any atom is -0.497 e. The van der Waals surface area contributed by atoms with Crippen molar-refractivity contribution in [2.75, 3.05) is 20.2 Å². The van der Waals surface area contributed by atoms with E-state index < -0.39 is 0 Å². The van der Waals surface area contributed by atoms with Gasteiger partial charge in [-0.2, -0.15) is 0 Å². The van der Waals surface area contributed by atoms with Gasteiger partial charge in [0.05, 0.1) is 13.7 Å². The van der Waals surface area contributed by atoms with Crippen molar-refractivity contribution in [3.8, 4) is 5.75 Å². The summed E-state index contributed by atoms with van der Waals surface area (Å²) in [6.07, 6.45) is 0. The molecule has 0 unspecified atom stereocenters. The lowest BCUT2D eigenvalue weighted by Crippen LogP contribution is -2.32. The van der Waals surface area contributed by atoms with E-state index in [0.717, 1.165) is 21.1 Å². The molecule has 1 aliphatic heterocycles. The van der Waals surface area contributed by atoms with Gasteiger partial charge in [0.15, 0.2) is 5.17 Å². The van der Waals surface area contributed by atoms with E-state index in [1.807, 2.05) is 12.1 Å². The SMILES string of the molecule is COc1ccc(C(=O)N2CCN=C2SCc2ccc(Br)cc2)cc1. The molecule has 0 saturated carbocycles. The Bertz CT molecular complexity index is 745. The second-order valence-corrected chi connectivity index (χ2v) is 7.12. The molecule has 1 aliphatic rings. The summed E-state index contributed by atoms with van der Waals surface area (Å²) >= 11 is 5.03. The Morgan fingerprint density at radius 1 is 1.21 bits per heavy atom. The highest BCUT2D eigenvalue weighted by Gasteiger charge is 2.25. The molecule has 0 atom stereocenters. The quantitative estimate of drug-likeness (QED) is 0.766. The summed E-state index contributed by atoms with van der Waals surface area (Å²) in [5, 5.41) is 0.790. The van der Waals surface area contributed by atoms with Crippen molar-refractivity contribution in [3.63, 3.8) is 0 Å². The van der Waals surface area contributed by atoms with Gasteiger partial charge in [-0.25, -0.2) is 0 Å². The molecule has 0 aliphatic carbocycles. The number of carbonyl (C=O) groups excluding carboxylic acids is 1. The van der Waals surface area contributed by atoms with E-state index in [4.69, 9.17) is 4.74 Å². The summed E-state index contributed by atoms with van der Waals surface area (Å²) in [5.41, 5.74) is 1.85. The zero-order valence-corrected chi connectivity index (χ0v) is 15.6. The van der Waals surface area contributed by atoms with Crippen molar-refractivity contribution < 1.29 is 9.53 Å². The van der Waals surface area contributed by atoms with Crippen LogP contribution in [0.25, 0.3) is 0 Å². The van der Waals surface area contributed by atoms with E-state index >= 15 is 0 Å². The minimum absolute atomic E-state index is 0.0165. The lowest BCUT2D eigenvalue weighted by Gasteiger charge is -2.18. The highest BCUT2D eigenvalue weighted by atomic mass is 79.9. The Morgan fingerprint density at radius 2 is 1.92 bits per heavy atom. The molecule has 1 amide bonds. The zero-order chi connectivity index (χ0) is 16.9. The second-order valence-electron chi connectivity index (χ2n) is 5.26. The fourth-order valence-corrected chi connectivity index (χ4v) is 3.62. The van der Waals surface area contributed by atoms with Gasteiger partial charge >= 0.3 is 0 Å². The number of hydrogen-bond donors (Lipinski definition) is 0. The largest absolute Gasteiger partial charge is 0.497 e. The number of methoxy groups -OCH3 is 1. The number of halogens is 1. The van der Waals surface area contributed by atoms with Crippen LogP contribution in [0.3, 0.4) is 0 Å². The van der Waals surface area contributed by atoms with E-state index in [0.29, 0.717) is 18.7 Å². The van der Waals surface area contributed by atoms with Crippen LogP contribution in [0.5, 0.6) is 5.75 Å². The van der Waals surface area contributed by atoms with Crippen LogP contribution in [0.2, 0.25) is 0 Å². The average Bonchev–Trinajstić information content (AvgIpc) is 3.09. The zero-order valence-electron chi connectivity index (χ0n) is 13.2. The van der Waals surface area contributed by atoms with E-state index in [-0.39, 0.29) is 5.91 Å². The highest BCUT2D eigenvalue weighted by Crippen LogP contribution is 2.23. The standard InChI is InChI=1S/C18H17BrN2O2S/c1-23-16-8-4-14(5-9-16)17(22)21-11-10-20-18(21)24-12-13-2-6-15(19)7-3-13/h2-9H,10-12H2,1H3. The second kappa shape index (κ2) is 7.85. The van der Waals surface area contributed by atoms with Crippen molar-refractivity contribution in [1.82, 2.24) is 4.90 Å². The molecule has 4 nitrogen and oxygen atoms in total. The topological polar surface area (TPSA) is 41.9 Å². The summed E-state index contributed by atoms with van der Waals surface area (Å²) in [6.45, 7) is 1.29. The minimum atomic E-state index is -0.0165. The number of carbonyl (C=O) groups is 1. The fraction of sp³-hybridized carbons (Fsp3) is 0.222. The van der Waals surface area contributed by atoms with Gasteiger partial charge in [0.1, 0.15) is 5.75 Å². The average molecular weight is 405 g/mol. The summed E-state index contributed by atoms with van der Waals surface area (Å²) < 4.78 is 6.20. The third-order valence-corrected chi connectivity index (χ3v) is 5.28. The van der Waals surface area contributed by atoms with E-state index in [2.05, 4.69) is 33.1 Å². The number of rotatable bonds is 4. The number of benzene rings is 2. The van der Waals surface area contributed by atoms with Crippen LogP contribution in [0.15, 0.2) is 58.0 Å². The number of amides is 1. The van der Waals surface area contributed by atoms with Crippen LogP contribution in [0.4, 0.5) is 0 Å². The maximum Gasteiger partial charge on any atom is 0.259 e. The van der Waals surface area contributed by atoms with Crippen molar-refractivity contribution in [1.29, 1.82) is 0 Å². The van der Waals surface area contributed by atoms with Gasteiger partial charge < -0.3 is 4.74 Å². The molecule has 2 aromatic carbocycles. The van der Waals surface area contributed by atoms with Gasteiger partial charge in [-0.3, -0.25) is 14.7 Å². The molecule has 124 valence electrons. The van der Waals surface area contributed by atoms with Crippen molar-refractivity contribution in [2.45, 2.75) is 5.75 Å². The summed E-state index contributed by atoms with van der Waals surface area (Å²) in [6, 6.07) is 15.4. The van der Waals surface area contributed by atoms with Crippen LogP contribution in [0.1, 0.15) is 15.9 Å². The van der Waals surface area contributed by atoms with Gasteiger partial charge in [0, 0.05) is 22.3 Å². The monoisotopic (exact) mass is 404 g/mol. The van der Waals surface area contributed by atoms with Gasteiger partial charge in [0.2, 0.25) is 0 Å². The maximum absolute atomic E-state index is 12.7.